The van der Waals surface area contributed by atoms with Gasteiger partial charge in [-0.3, -0.25) is 0 Å². The summed E-state index contributed by atoms with van der Waals surface area (Å²) < 4.78 is 13.3. The number of halogens is 1. The SMILES string of the molecule is CCOC(=O)c1cnc(N2CCN(c3ncc(Br)cn3)C(CO[Si](c3ccccc3)(c3ccccc3)C(C)(C)C)C2)nc1. The number of anilines is 2. The zero-order valence-corrected chi connectivity index (χ0v) is 27.6. The Labute approximate surface area is 262 Å². The molecule has 2 aromatic heterocycles. The second-order valence-electron chi connectivity index (χ2n) is 11.5. The minimum Gasteiger partial charge on any atom is -0.462 e. The van der Waals surface area contributed by atoms with Crippen LogP contribution in [0.2, 0.25) is 5.04 Å². The number of carbonyl (C=O) groups excluding carboxylic acids is 1. The summed E-state index contributed by atoms with van der Waals surface area (Å²) in [5.74, 6) is 0.778. The van der Waals surface area contributed by atoms with Crippen LogP contribution < -0.4 is 20.2 Å². The highest BCUT2D eigenvalue weighted by Gasteiger charge is 2.50. The second kappa shape index (κ2) is 13.3. The standard InChI is InChI=1S/C32H37BrN6O3Si/c1-5-41-29(40)24-18-34-30(35-19-24)38-16-17-39(31-36-20-25(33)21-37-31)26(22-38)23-42-43(32(2,3)4,27-12-8-6-9-13-27)28-14-10-7-11-15-28/h6-15,18-21,26H,5,16-17,22-23H2,1-4H3. The number of hydrogen-bond donors (Lipinski definition) is 0. The molecule has 5 rings (SSSR count). The zero-order chi connectivity index (χ0) is 30.5. The maximum absolute atomic E-state index is 12.1. The third-order valence-electron chi connectivity index (χ3n) is 7.69. The van der Waals surface area contributed by atoms with Crippen molar-refractivity contribution < 1.29 is 14.0 Å². The number of piperazine rings is 1. The van der Waals surface area contributed by atoms with E-state index in [-0.39, 0.29) is 11.1 Å². The van der Waals surface area contributed by atoms with Gasteiger partial charge in [-0.2, -0.15) is 0 Å². The molecule has 0 spiro atoms. The summed E-state index contributed by atoms with van der Waals surface area (Å²) >= 11 is 3.46. The molecule has 0 radical (unpaired) electrons. The molecular formula is C32H37BrN6O3Si. The van der Waals surface area contributed by atoms with Crippen LogP contribution in [-0.2, 0) is 9.16 Å². The van der Waals surface area contributed by atoms with Gasteiger partial charge in [0.15, 0.2) is 0 Å². The zero-order valence-electron chi connectivity index (χ0n) is 25.0. The first-order chi connectivity index (χ1) is 20.7. The van der Waals surface area contributed by atoms with Gasteiger partial charge < -0.3 is 19.0 Å². The Kier molecular flexibility index (Phi) is 9.53. The maximum atomic E-state index is 12.1. The van der Waals surface area contributed by atoms with Crippen LogP contribution in [0.3, 0.4) is 0 Å². The smallest absolute Gasteiger partial charge is 0.341 e. The van der Waals surface area contributed by atoms with E-state index in [1.54, 1.807) is 19.3 Å². The molecule has 1 aliphatic rings. The molecule has 9 nitrogen and oxygen atoms in total. The number of aromatic nitrogens is 4. The van der Waals surface area contributed by atoms with Gasteiger partial charge in [0, 0.05) is 44.4 Å². The number of benzene rings is 2. The summed E-state index contributed by atoms with van der Waals surface area (Å²) in [6.07, 6.45) is 6.59. The first-order valence-electron chi connectivity index (χ1n) is 14.5. The lowest BCUT2D eigenvalue weighted by molar-refractivity contribution is 0.0525. The fourth-order valence-electron chi connectivity index (χ4n) is 5.68. The van der Waals surface area contributed by atoms with Gasteiger partial charge in [0.2, 0.25) is 11.9 Å². The topological polar surface area (TPSA) is 93.6 Å². The summed E-state index contributed by atoms with van der Waals surface area (Å²) in [6.45, 7) is 11.3. The molecule has 4 aromatic rings. The van der Waals surface area contributed by atoms with E-state index < -0.39 is 14.3 Å². The van der Waals surface area contributed by atoms with Gasteiger partial charge in [-0.05, 0) is 38.3 Å². The summed E-state index contributed by atoms with van der Waals surface area (Å²) in [6, 6.07) is 21.2. The first kappa shape index (κ1) is 30.8. The molecule has 1 saturated heterocycles. The normalized spacial score (nSPS) is 15.8. The van der Waals surface area contributed by atoms with Crippen molar-refractivity contribution in [1.82, 2.24) is 19.9 Å². The van der Waals surface area contributed by atoms with E-state index in [1.807, 2.05) is 0 Å². The van der Waals surface area contributed by atoms with Crippen LogP contribution in [0.4, 0.5) is 11.9 Å². The van der Waals surface area contributed by atoms with Crippen LogP contribution >= 0.6 is 15.9 Å². The molecule has 0 N–H and O–H groups in total. The predicted molar refractivity (Wildman–Crippen MR) is 175 cm³/mol. The second-order valence-corrected chi connectivity index (χ2v) is 16.7. The Hall–Kier alpha value is -3.67. The fourth-order valence-corrected chi connectivity index (χ4v) is 10.5. The molecular weight excluding hydrogens is 624 g/mol. The average molecular weight is 662 g/mol. The van der Waals surface area contributed by atoms with Crippen molar-refractivity contribution in [2.24, 2.45) is 0 Å². The predicted octanol–water partition coefficient (Wildman–Crippen LogP) is 4.48. The molecule has 11 heteroatoms. The number of nitrogens with zero attached hydrogens (tertiary/aromatic N) is 6. The lowest BCUT2D eigenvalue weighted by atomic mass is 10.2. The van der Waals surface area contributed by atoms with Crippen molar-refractivity contribution in [1.29, 1.82) is 0 Å². The van der Waals surface area contributed by atoms with Crippen molar-refractivity contribution >= 4 is 52.5 Å². The highest BCUT2D eigenvalue weighted by molar-refractivity contribution is 9.10. The molecule has 0 amide bonds. The summed E-state index contributed by atoms with van der Waals surface area (Å²) in [4.78, 5) is 34.8. The van der Waals surface area contributed by atoms with Crippen LogP contribution in [-0.4, -0.2) is 73.1 Å². The lowest BCUT2D eigenvalue weighted by Gasteiger charge is -2.46. The number of carbonyl (C=O) groups is 1. The monoisotopic (exact) mass is 660 g/mol. The van der Waals surface area contributed by atoms with Crippen LogP contribution in [0, 0.1) is 0 Å². The van der Waals surface area contributed by atoms with Gasteiger partial charge in [0.05, 0.1) is 29.3 Å². The van der Waals surface area contributed by atoms with Crippen LogP contribution in [0.15, 0.2) is 89.9 Å². The summed E-state index contributed by atoms with van der Waals surface area (Å²) in [7, 11) is -2.78. The van der Waals surface area contributed by atoms with E-state index in [9.17, 15) is 4.79 Å². The molecule has 0 bridgehead atoms. The number of rotatable bonds is 9. The molecule has 43 heavy (non-hydrogen) atoms. The summed E-state index contributed by atoms with van der Waals surface area (Å²) in [5, 5.41) is 2.30. The van der Waals surface area contributed by atoms with Crippen molar-refractivity contribution in [3.63, 3.8) is 0 Å². The van der Waals surface area contributed by atoms with E-state index >= 15 is 0 Å². The van der Waals surface area contributed by atoms with Gasteiger partial charge in [0.1, 0.15) is 0 Å². The van der Waals surface area contributed by atoms with E-state index in [4.69, 9.17) is 9.16 Å². The van der Waals surface area contributed by atoms with Gasteiger partial charge in [-0.1, -0.05) is 81.4 Å². The Bertz CT molecular complexity index is 1450. The highest BCUT2D eigenvalue weighted by Crippen LogP contribution is 2.37. The minimum atomic E-state index is -2.78. The van der Waals surface area contributed by atoms with Gasteiger partial charge in [-0.15, -0.1) is 0 Å². The van der Waals surface area contributed by atoms with Crippen LogP contribution in [0.5, 0.6) is 0 Å². The van der Waals surface area contributed by atoms with E-state index in [1.165, 1.54) is 22.8 Å². The molecule has 2 aromatic carbocycles. The van der Waals surface area contributed by atoms with E-state index in [0.717, 1.165) is 4.47 Å². The van der Waals surface area contributed by atoms with E-state index in [0.29, 0.717) is 50.3 Å². The molecule has 1 aliphatic heterocycles. The maximum Gasteiger partial charge on any atom is 0.341 e. The third-order valence-corrected chi connectivity index (χ3v) is 13.1. The third kappa shape index (κ3) is 6.63. The van der Waals surface area contributed by atoms with Gasteiger partial charge in [-0.25, -0.2) is 24.7 Å². The highest BCUT2D eigenvalue weighted by atomic mass is 79.9. The molecule has 1 fully saturated rings. The Morgan fingerprint density at radius 2 is 1.44 bits per heavy atom. The minimum absolute atomic E-state index is 0.0927. The Morgan fingerprint density at radius 1 is 0.884 bits per heavy atom. The van der Waals surface area contributed by atoms with Crippen molar-refractivity contribution in [3.8, 4) is 0 Å². The fraction of sp³-hybridized carbons (Fsp3) is 0.344. The number of hydrogen-bond acceptors (Lipinski definition) is 9. The molecule has 1 unspecified atom stereocenters. The van der Waals surface area contributed by atoms with Crippen molar-refractivity contribution in [3.05, 3.63) is 95.5 Å². The quantitative estimate of drug-likeness (QED) is 0.190. The number of esters is 1. The van der Waals surface area contributed by atoms with E-state index in [2.05, 4.69) is 127 Å². The summed E-state index contributed by atoms with van der Waals surface area (Å²) in [5.41, 5.74) is 0.332. The molecule has 1 atom stereocenters. The first-order valence-corrected chi connectivity index (χ1v) is 17.2. The van der Waals surface area contributed by atoms with Crippen molar-refractivity contribution in [2.45, 2.75) is 38.8 Å². The average Bonchev–Trinajstić information content (AvgIpc) is 3.02. The molecule has 0 saturated carbocycles. The Balaban J connectivity index is 1.49. The lowest BCUT2D eigenvalue weighted by Crippen LogP contribution is -2.68. The largest absolute Gasteiger partial charge is 0.462 e. The molecule has 224 valence electrons. The Morgan fingerprint density at radius 3 is 1.98 bits per heavy atom. The number of ether oxygens (including phenoxy) is 1. The van der Waals surface area contributed by atoms with Crippen molar-refractivity contribution in [2.75, 3.05) is 42.6 Å². The van der Waals surface area contributed by atoms with Gasteiger partial charge >= 0.3 is 5.97 Å². The molecule has 0 aliphatic carbocycles. The molecule has 3 heterocycles. The van der Waals surface area contributed by atoms with Crippen LogP contribution in [0.25, 0.3) is 0 Å². The van der Waals surface area contributed by atoms with Crippen LogP contribution in [0.1, 0.15) is 38.1 Å². The van der Waals surface area contributed by atoms with Gasteiger partial charge in [0.25, 0.3) is 8.32 Å².